The van der Waals surface area contributed by atoms with E-state index in [0.29, 0.717) is 22.0 Å². The molecule has 1 amide bonds. The third-order valence-electron chi connectivity index (χ3n) is 3.94. The van der Waals surface area contributed by atoms with Crippen molar-refractivity contribution in [1.29, 1.82) is 0 Å². The molecule has 0 saturated heterocycles. The van der Waals surface area contributed by atoms with Crippen LogP contribution in [0.5, 0.6) is 0 Å². The fourth-order valence-corrected chi connectivity index (χ4v) is 4.64. The van der Waals surface area contributed by atoms with Crippen LogP contribution in [-0.4, -0.2) is 26.6 Å². The Balaban J connectivity index is 2.39. The zero-order valence-electron chi connectivity index (χ0n) is 14.9. The van der Waals surface area contributed by atoms with Gasteiger partial charge in [0.1, 0.15) is 6.04 Å². The third-order valence-corrected chi connectivity index (χ3v) is 6.08. The molecule has 0 saturated carbocycles. The highest BCUT2D eigenvalue weighted by molar-refractivity contribution is 14.1. The molecule has 0 fully saturated rings. The molecule has 2 rings (SSSR count). The molecule has 1 atom stereocenters. The lowest BCUT2D eigenvalue weighted by Crippen LogP contribution is -2.45. The number of aryl methyl sites for hydroxylation is 2. The second-order valence-corrected chi connectivity index (χ2v) is 9.66. The number of rotatable bonds is 5. The summed E-state index contributed by atoms with van der Waals surface area (Å²) >= 11 is 8.23. The summed E-state index contributed by atoms with van der Waals surface area (Å²) in [6, 6.07) is 9.64. The molecule has 2 aromatic carbocycles. The minimum absolute atomic E-state index is 0.391. The Hall–Kier alpha value is -1.32. The van der Waals surface area contributed by atoms with Gasteiger partial charge in [0, 0.05) is 14.3 Å². The van der Waals surface area contributed by atoms with Crippen LogP contribution in [0.1, 0.15) is 18.1 Å². The fraction of sp³-hybridized carbons (Fsp3) is 0.278. The average Bonchev–Trinajstić information content (AvgIpc) is 2.52. The molecule has 2 aromatic rings. The summed E-state index contributed by atoms with van der Waals surface area (Å²) in [5.74, 6) is -0.417. The van der Waals surface area contributed by atoms with Crippen LogP contribution >= 0.6 is 34.2 Å². The van der Waals surface area contributed by atoms with E-state index in [-0.39, 0.29) is 0 Å². The van der Waals surface area contributed by atoms with Gasteiger partial charge in [0.25, 0.3) is 0 Å². The van der Waals surface area contributed by atoms with Crippen molar-refractivity contribution >= 4 is 61.5 Å². The largest absolute Gasteiger partial charge is 0.324 e. The van der Waals surface area contributed by atoms with Crippen LogP contribution in [0.2, 0.25) is 5.02 Å². The molecule has 0 aliphatic rings. The molecule has 0 heterocycles. The first-order chi connectivity index (χ1) is 12.0. The van der Waals surface area contributed by atoms with Gasteiger partial charge in [-0.1, -0.05) is 17.7 Å². The highest BCUT2D eigenvalue weighted by Crippen LogP contribution is 2.29. The number of anilines is 2. The van der Waals surface area contributed by atoms with E-state index in [1.807, 2.05) is 19.1 Å². The number of hydrogen-bond donors (Lipinski definition) is 1. The summed E-state index contributed by atoms with van der Waals surface area (Å²) in [6.45, 7) is 5.22. The van der Waals surface area contributed by atoms with Crippen LogP contribution in [0, 0.1) is 17.4 Å². The van der Waals surface area contributed by atoms with Gasteiger partial charge in [0.2, 0.25) is 15.9 Å². The number of nitrogens with zero attached hydrogens (tertiary/aromatic N) is 1. The molecule has 1 unspecified atom stereocenters. The quantitative estimate of drug-likeness (QED) is 0.613. The van der Waals surface area contributed by atoms with Gasteiger partial charge < -0.3 is 5.32 Å². The molecule has 5 nitrogen and oxygen atoms in total. The topological polar surface area (TPSA) is 66.5 Å². The third kappa shape index (κ3) is 4.89. The Kier molecular flexibility index (Phi) is 6.57. The molecule has 0 radical (unpaired) electrons. The van der Waals surface area contributed by atoms with Crippen LogP contribution < -0.4 is 9.62 Å². The molecule has 0 spiro atoms. The van der Waals surface area contributed by atoms with E-state index in [1.54, 1.807) is 38.1 Å². The highest BCUT2D eigenvalue weighted by Gasteiger charge is 2.30. The lowest BCUT2D eigenvalue weighted by molar-refractivity contribution is -0.116. The summed E-state index contributed by atoms with van der Waals surface area (Å²) in [5.41, 5.74) is 2.66. The number of sulfonamides is 1. The molecule has 0 aromatic heterocycles. The van der Waals surface area contributed by atoms with Crippen molar-refractivity contribution in [3.05, 3.63) is 56.1 Å². The van der Waals surface area contributed by atoms with Gasteiger partial charge in [0.15, 0.2) is 0 Å². The van der Waals surface area contributed by atoms with Crippen molar-refractivity contribution in [3.8, 4) is 0 Å². The number of benzene rings is 2. The molecule has 26 heavy (non-hydrogen) atoms. The average molecular weight is 507 g/mol. The molecule has 1 N–H and O–H groups in total. The summed E-state index contributed by atoms with van der Waals surface area (Å²) in [6.07, 6.45) is 1.08. The minimum Gasteiger partial charge on any atom is -0.324 e. The number of carbonyl (C=O) groups is 1. The van der Waals surface area contributed by atoms with Gasteiger partial charge >= 0.3 is 0 Å². The van der Waals surface area contributed by atoms with Crippen LogP contribution in [-0.2, 0) is 14.8 Å². The monoisotopic (exact) mass is 506 g/mol. The molecule has 0 bridgehead atoms. The first-order valence-electron chi connectivity index (χ1n) is 7.83. The van der Waals surface area contributed by atoms with Crippen molar-refractivity contribution in [1.82, 2.24) is 0 Å². The number of carbonyl (C=O) groups excluding carboxylic acids is 1. The van der Waals surface area contributed by atoms with Crippen molar-refractivity contribution in [2.75, 3.05) is 15.9 Å². The Bertz CT molecular complexity index is 947. The van der Waals surface area contributed by atoms with Crippen molar-refractivity contribution in [3.63, 3.8) is 0 Å². The van der Waals surface area contributed by atoms with Crippen LogP contribution in [0.4, 0.5) is 11.4 Å². The van der Waals surface area contributed by atoms with Gasteiger partial charge in [-0.2, -0.15) is 0 Å². The van der Waals surface area contributed by atoms with Gasteiger partial charge in [-0.15, -0.1) is 0 Å². The Labute approximate surface area is 172 Å². The van der Waals surface area contributed by atoms with Gasteiger partial charge in [0.05, 0.1) is 11.9 Å². The highest BCUT2D eigenvalue weighted by atomic mass is 127. The summed E-state index contributed by atoms with van der Waals surface area (Å²) in [4.78, 5) is 12.8. The molecule has 8 heteroatoms. The predicted molar refractivity (Wildman–Crippen MR) is 115 cm³/mol. The maximum absolute atomic E-state index is 12.8. The van der Waals surface area contributed by atoms with Crippen molar-refractivity contribution < 1.29 is 13.2 Å². The van der Waals surface area contributed by atoms with Crippen LogP contribution in [0.25, 0.3) is 0 Å². The van der Waals surface area contributed by atoms with Gasteiger partial charge in [-0.05, 0) is 84.8 Å². The molecule has 0 aliphatic carbocycles. The first kappa shape index (κ1) is 21.0. The van der Waals surface area contributed by atoms with E-state index >= 15 is 0 Å². The summed E-state index contributed by atoms with van der Waals surface area (Å²) in [5, 5.41) is 3.22. The SMILES string of the molecule is Cc1cc(I)ccc1NC(=O)C(C)N(c1cc(Cl)ccc1C)S(C)(=O)=O. The number of nitrogens with one attached hydrogen (secondary N) is 1. The van der Waals surface area contributed by atoms with Crippen molar-refractivity contribution in [2.45, 2.75) is 26.8 Å². The molecule has 0 aliphatic heterocycles. The zero-order chi connectivity index (χ0) is 19.6. The van der Waals surface area contributed by atoms with Crippen LogP contribution in [0.3, 0.4) is 0 Å². The first-order valence-corrected chi connectivity index (χ1v) is 11.1. The lowest BCUT2D eigenvalue weighted by Gasteiger charge is -2.29. The molecule has 140 valence electrons. The van der Waals surface area contributed by atoms with E-state index in [4.69, 9.17) is 11.6 Å². The Morgan fingerprint density at radius 1 is 1.15 bits per heavy atom. The van der Waals surface area contributed by atoms with E-state index in [2.05, 4.69) is 27.9 Å². The van der Waals surface area contributed by atoms with Gasteiger partial charge in [-0.25, -0.2) is 8.42 Å². The maximum Gasteiger partial charge on any atom is 0.248 e. The van der Waals surface area contributed by atoms with Crippen LogP contribution in [0.15, 0.2) is 36.4 Å². The normalized spacial score (nSPS) is 12.5. The minimum atomic E-state index is -3.70. The number of amides is 1. The fourth-order valence-electron chi connectivity index (χ4n) is 2.61. The van der Waals surface area contributed by atoms with Gasteiger partial charge in [-0.3, -0.25) is 9.10 Å². The Morgan fingerprint density at radius 3 is 2.38 bits per heavy atom. The predicted octanol–water partition coefficient (Wildman–Crippen LogP) is 4.35. The zero-order valence-corrected chi connectivity index (χ0v) is 18.6. The number of hydrogen-bond acceptors (Lipinski definition) is 3. The van der Waals surface area contributed by atoms with E-state index in [1.165, 1.54) is 0 Å². The molecular formula is C18H20ClIN2O3S. The Morgan fingerprint density at radius 2 is 1.81 bits per heavy atom. The number of halogens is 2. The summed E-state index contributed by atoms with van der Waals surface area (Å²) in [7, 11) is -3.70. The van der Waals surface area contributed by atoms with E-state index < -0.39 is 22.0 Å². The van der Waals surface area contributed by atoms with Crippen molar-refractivity contribution in [2.24, 2.45) is 0 Å². The smallest absolute Gasteiger partial charge is 0.248 e. The summed E-state index contributed by atoms with van der Waals surface area (Å²) < 4.78 is 27.0. The lowest BCUT2D eigenvalue weighted by atomic mass is 10.1. The maximum atomic E-state index is 12.8. The second-order valence-electron chi connectivity index (χ2n) is 6.11. The second kappa shape index (κ2) is 8.14. The van der Waals surface area contributed by atoms with E-state index in [0.717, 1.165) is 19.7 Å². The molecular weight excluding hydrogens is 487 g/mol. The standard InChI is InChI=1S/C18H20ClIN2O3S/c1-11-5-6-14(19)10-17(11)22(26(4,24)25)13(3)18(23)21-16-8-7-15(20)9-12(16)2/h5-10,13H,1-4H3,(H,21,23). The van der Waals surface area contributed by atoms with E-state index in [9.17, 15) is 13.2 Å².